The van der Waals surface area contributed by atoms with E-state index < -0.39 is 23.2 Å². The molecule has 6 heteroatoms. The Morgan fingerprint density at radius 3 is 2.55 bits per heavy atom. The van der Waals surface area contributed by atoms with E-state index in [1.807, 2.05) is 24.3 Å². The van der Waals surface area contributed by atoms with Crippen LogP contribution in [0.5, 0.6) is 0 Å². The lowest BCUT2D eigenvalue weighted by Crippen LogP contribution is -2.43. The summed E-state index contributed by atoms with van der Waals surface area (Å²) in [6.07, 6.45) is 6.34. The number of aliphatic hydroxyl groups excluding tert-OH is 1. The summed E-state index contributed by atoms with van der Waals surface area (Å²) in [7, 11) is 0. The summed E-state index contributed by atoms with van der Waals surface area (Å²) < 4.78 is 13.5. The number of aliphatic hydroxyl groups is 1. The molecule has 0 spiro atoms. The highest BCUT2D eigenvalue weighted by Crippen LogP contribution is 2.33. The lowest BCUT2D eigenvalue weighted by Gasteiger charge is -2.24. The van der Waals surface area contributed by atoms with Gasteiger partial charge in [0.15, 0.2) is 0 Å². The van der Waals surface area contributed by atoms with Crippen LogP contribution in [-0.2, 0) is 16.0 Å². The van der Waals surface area contributed by atoms with Crippen molar-refractivity contribution < 1.29 is 19.1 Å². The number of amides is 2. The zero-order valence-electron chi connectivity index (χ0n) is 17.6. The second-order valence-electron chi connectivity index (χ2n) is 8.73. The van der Waals surface area contributed by atoms with Crippen LogP contribution in [0.1, 0.15) is 56.1 Å². The Labute approximate surface area is 181 Å². The monoisotopic (exact) mass is 422 g/mol. The Morgan fingerprint density at radius 1 is 1.16 bits per heavy atom. The number of nitrogens with one attached hydrogen (secondary N) is 2. The summed E-state index contributed by atoms with van der Waals surface area (Å²) >= 11 is 0. The first-order valence-electron chi connectivity index (χ1n) is 10.8. The third-order valence-corrected chi connectivity index (χ3v) is 6.29. The standard InChI is InChI=1S/C25H27FN2O3/c1-25(15-16-6-5-9-19(26)14-16)22(29)21(24(31)28-25)23(30)27-20-12-10-18(11-13-20)17-7-3-2-4-8-17/h5-6,9-14,17,29H,2-4,7-8,15H2,1H3,(H,27,30)(H,28,31). The molecule has 31 heavy (non-hydrogen) atoms. The predicted molar refractivity (Wildman–Crippen MR) is 117 cm³/mol. The second-order valence-corrected chi connectivity index (χ2v) is 8.73. The number of rotatable bonds is 5. The summed E-state index contributed by atoms with van der Waals surface area (Å²) in [5, 5.41) is 16.1. The van der Waals surface area contributed by atoms with Crippen LogP contribution in [0, 0.1) is 5.82 Å². The van der Waals surface area contributed by atoms with E-state index >= 15 is 0 Å². The van der Waals surface area contributed by atoms with E-state index in [-0.39, 0.29) is 17.8 Å². The zero-order valence-corrected chi connectivity index (χ0v) is 17.6. The van der Waals surface area contributed by atoms with Gasteiger partial charge in [0.05, 0.1) is 5.54 Å². The van der Waals surface area contributed by atoms with Crippen molar-refractivity contribution in [1.29, 1.82) is 0 Å². The molecular formula is C25H27FN2O3. The van der Waals surface area contributed by atoms with Gasteiger partial charge in [-0.1, -0.05) is 43.5 Å². The maximum Gasteiger partial charge on any atom is 0.264 e. The van der Waals surface area contributed by atoms with Gasteiger partial charge in [0, 0.05) is 12.1 Å². The topological polar surface area (TPSA) is 78.4 Å². The van der Waals surface area contributed by atoms with Gasteiger partial charge in [-0.2, -0.15) is 0 Å². The highest BCUT2D eigenvalue weighted by atomic mass is 19.1. The van der Waals surface area contributed by atoms with Gasteiger partial charge < -0.3 is 15.7 Å². The van der Waals surface area contributed by atoms with E-state index in [1.54, 1.807) is 19.1 Å². The Balaban J connectivity index is 1.48. The first-order chi connectivity index (χ1) is 14.9. The number of halogens is 1. The number of hydrogen-bond acceptors (Lipinski definition) is 3. The summed E-state index contributed by atoms with van der Waals surface area (Å²) in [4.78, 5) is 25.3. The summed E-state index contributed by atoms with van der Waals surface area (Å²) in [5.41, 5.74) is 0.949. The molecule has 162 valence electrons. The average molecular weight is 423 g/mol. The Morgan fingerprint density at radius 2 is 1.87 bits per heavy atom. The van der Waals surface area contributed by atoms with Gasteiger partial charge in [0.1, 0.15) is 17.1 Å². The van der Waals surface area contributed by atoms with Crippen molar-refractivity contribution in [2.75, 3.05) is 5.32 Å². The first kappa shape index (κ1) is 21.1. The van der Waals surface area contributed by atoms with E-state index in [0.717, 1.165) is 0 Å². The highest BCUT2D eigenvalue weighted by molar-refractivity contribution is 6.24. The van der Waals surface area contributed by atoms with Gasteiger partial charge >= 0.3 is 0 Å². The number of benzene rings is 2. The summed E-state index contributed by atoms with van der Waals surface area (Å²) in [6.45, 7) is 1.62. The van der Waals surface area contributed by atoms with Crippen molar-refractivity contribution in [3.05, 3.63) is 76.8 Å². The maximum atomic E-state index is 13.5. The lowest BCUT2D eigenvalue weighted by molar-refractivity contribution is -0.121. The van der Waals surface area contributed by atoms with Crippen molar-refractivity contribution in [1.82, 2.24) is 5.32 Å². The van der Waals surface area contributed by atoms with Gasteiger partial charge in [-0.3, -0.25) is 9.59 Å². The van der Waals surface area contributed by atoms with E-state index in [9.17, 15) is 19.1 Å². The van der Waals surface area contributed by atoms with Gasteiger partial charge in [0.2, 0.25) is 0 Å². The highest BCUT2D eigenvalue weighted by Gasteiger charge is 2.44. The number of anilines is 1. The third-order valence-electron chi connectivity index (χ3n) is 6.29. The van der Waals surface area contributed by atoms with E-state index in [4.69, 9.17) is 0 Å². The number of carbonyl (C=O) groups excluding carboxylic acids is 2. The summed E-state index contributed by atoms with van der Waals surface area (Å²) in [6, 6.07) is 13.6. The zero-order chi connectivity index (χ0) is 22.0. The van der Waals surface area contributed by atoms with Crippen LogP contribution in [-0.4, -0.2) is 22.5 Å². The minimum Gasteiger partial charge on any atom is -0.509 e. The Hall–Kier alpha value is -3.15. The van der Waals surface area contributed by atoms with Gasteiger partial charge in [-0.15, -0.1) is 0 Å². The average Bonchev–Trinajstić information content (AvgIpc) is 2.97. The number of hydrogen-bond donors (Lipinski definition) is 3. The smallest absolute Gasteiger partial charge is 0.264 e. The van der Waals surface area contributed by atoms with Gasteiger partial charge in [0.25, 0.3) is 11.8 Å². The minimum absolute atomic E-state index is 0.162. The maximum absolute atomic E-state index is 13.5. The molecule has 4 rings (SSSR count). The van der Waals surface area contributed by atoms with Crippen LogP contribution in [0.3, 0.4) is 0 Å². The largest absolute Gasteiger partial charge is 0.509 e. The fourth-order valence-electron chi connectivity index (χ4n) is 4.62. The first-order valence-corrected chi connectivity index (χ1v) is 10.8. The fraction of sp³-hybridized carbons (Fsp3) is 0.360. The van der Waals surface area contributed by atoms with Crippen LogP contribution < -0.4 is 10.6 Å². The fourth-order valence-corrected chi connectivity index (χ4v) is 4.62. The molecule has 2 aromatic rings. The lowest BCUT2D eigenvalue weighted by atomic mass is 9.84. The van der Waals surface area contributed by atoms with E-state index in [0.29, 0.717) is 17.2 Å². The molecule has 5 nitrogen and oxygen atoms in total. The van der Waals surface area contributed by atoms with E-state index in [2.05, 4.69) is 10.6 Å². The molecule has 0 saturated heterocycles. The van der Waals surface area contributed by atoms with Crippen LogP contribution in [0.15, 0.2) is 59.9 Å². The van der Waals surface area contributed by atoms with Crippen molar-refractivity contribution in [3.8, 4) is 0 Å². The molecule has 1 aliphatic carbocycles. The predicted octanol–water partition coefficient (Wildman–Crippen LogP) is 4.76. The van der Waals surface area contributed by atoms with Gasteiger partial charge in [-0.05, 0) is 61.1 Å². The summed E-state index contributed by atoms with van der Waals surface area (Å²) in [5.74, 6) is -1.48. The molecule has 1 heterocycles. The van der Waals surface area contributed by atoms with Gasteiger partial charge in [-0.25, -0.2) is 4.39 Å². The van der Waals surface area contributed by atoms with Crippen LogP contribution in [0.4, 0.5) is 10.1 Å². The molecule has 2 aromatic carbocycles. The second kappa shape index (κ2) is 8.53. The SMILES string of the molecule is CC1(Cc2cccc(F)c2)NC(=O)C(C(=O)Nc2ccc(C3CCCCC3)cc2)=C1O. The Kier molecular flexibility index (Phi) is 5.81. The normalized spacial score (nSPS) is 21.8. The quantitative estimate of drug-likeness (QED) is 0.608. The molecule has 0 radical (unpaired) electrons. The third kappa shape index (κ3) is 4.48. The Bertz CT molecular complexity index is 1030. The molecule has 1 saturated carbocycles. The van der Waals surface area contributed by atoms with Crippen molar-refractivity contribution >= 4 is 17.5 Å². The minimum atomic E-state index is -1.18. The molecule has 1 atom stereocenters. The van der Waals surface area contributed by atoms with E-state index in [1.165, 1.54) is 49.8 Å². The van der Waals surface area contributed by atoms with Crippen molar-refractivity contribution in [2.45, 2.75) is 56.9 Å². The van der Waals surface area contributed by atoms with Crippen molar-refractivity contribution in [3.63, 3.8) is 0 Å². The molecule has 1 unspecified atom stereocenters. The molecule has 2 aliphatic rings. The van der Waals surface area contributed by atoms with Crippen LogP contribution >= 0.6 is 0 Å². The molecule has 0 bridgehead atoms. The molecule has 1 aliphatic heterocycles. The molecule has 1 fully saturated rings. The molecule has 0 aromatic heterocycles. The van der Waals surface area contributed by atoms with Crippen LogP contribution in [0.2, 0.25) is 0 Å². The molecular weight excluding hydrogens is 395 g/mol. The molecule has 3 N–H and O–H groups in total. The molecule has 2 amide bonds. The van der Waals surface area contributed by atoms with Crippen molar-refractivity contribution in [2.24, 2.45) is 0 Å². The number of carbonyl (C=O) groups is 2. The van der Waals surface area contributed by atoms with Crippen LogP contribution in [0.25, 0.3) is 0 Å².